The maximum Gasteiger partial charge on any atom is 0.136 e. The number of pyridine rings is 1. The fraction of sp³-hybridized carbons (Fsp3) is 0.400. The predicted octanol–water partition coefficient (Wildman–Crippen LogP) is 6.57. The first-order valence-electron chi connectivity index (χ1n) is 10.1. The first-order valence-corrected chi connectivity index (χ1v) is 11.0. The molecule has 5 heteroatoms. The van der Waals surface area contributed by atoms with Gasteiger partial charge >= 0.3 is 0 Å². The summed E-state index contributed by atoms with van der Waals surface area (Å²) in [5, 5.41) is 4.08. The second-order valence-electron chi connectivity index (χ2n) is 7.65. The quantitative estimate of drug-likeness (QED) is 0.387. The number of nitrogens with zero attached hydrogens (tertiary/aromatic N) is 2. The van der Waals surface area contributed by atoms with E-state index in [1.54, 1.807) is 24.5 Å². The standard InChI is InChI=1S/C14H21NO2.C7H9N.C4H4S/c1-9(2)14(7-15-10(3)4)17-8-12-6-13(12)11(5)16;1-6-3-4-7(2)8-5-6;1-2-4-5-3-1/h7,12-13H,3,6,8H2,1-2,4-5H3;3-5H,1-2H3;1-4H. The van der Waals surface area contributed by atoms with Gasteiger partial charge in [0.25, 0.3) is 0 Å². The van der Waals surface area contributed by atoms with Crippen LogP contribution in [0.4, 0.5) is 0 Å². The second-order valence-corrected chi connectivity index (χ2v) is 8.47. The Morgan fingerprint density at radius 2 is 1.90 bits per heavy atom. The van der Waals surface area contributed by atoms with E-state index in [9.17, 15) is 4.79 Å². The monoisotopic (exact) mass is 426 g/mol. The van der Waals surface area contributed by atoms with E-state index in [4.69, 9.17) is 4.74 Å². The first-order chi connectivity index (χ1) is 14.2. The van der Waals surface area contributed by atoms with Crippen molar-refractivity contribution in [1.29, 1.82) is 0 Å². The highest BCUT2D eigenvalue weighted by atomic mass is 32.1. The molecule has 1 aliphatic carbocycles. The Balaban J connectivity index is 0.000000281. The number of hydrogen-bond donors (Lipinski definition) is 0. The summed E-state index contributed by atoms with van der Waals surface area (Å²) >= 11 is 1.71. The smallest absolute Gasteiger partial charge is 0.136 e. The van der Waals surface area contributed by atoms with Crippen molar-refractivity contribution in [3.05, 3.63) is 76.1 Å². The molecule has 0 aliphatic heterocycles. The van der Waals surface area contributed by atoms with E-state index >= 15 is 0 Å². The number of thiophene rings is 1. The number of aryl methyl sites for hydroxylation is 2. The third-order valence-electron chi connectivity index (χ3n) is 4.28. The third-order valence-corrected chi connectivity index (χ3v) is 4.91. The fourth-order valence-corrected chi connectivity index (χ4v) is 2.83. The van der Waals surface area contributed by atoms with Crippen LogP contribution in [-0.4, -0.2) is 23.6 Å². The van der Waals surface area contributed by atoms with E-state index in [-0.39, 0.29) is 11.7 Å². The molecular weight excluding hydrogens is 392 g/mol. The lowest BCUT2D eigenvalue weighted by atomic mass is 10.2. The topological polar surface area (TPSA) is 51.5 Å². The highest BCUT2D eigenvalue weighted by Gasteiger charge is 2.41. The summed E-state index contributed by atoms with van der Waals surface area (Å²) in [6.45, 7) is 15.8. The van der Waals surface area contributed by atoms with E-state index in [1.807, 2.05) is 69.8 Å². The lowest BCUT2D eigenvalue weighted by Crippen LogP contribution is -2.04. The van der Waals surface area contributed by atoms with Gasteiger partial charge in [-0.2, -0.15) is 11.3 Å². The van der Waals surface area contributed by atoms with Gasteiger partial charge in [0.2, 0.25) is 0 Å². The Morgan fingerprint density at radius 1 is 1.23 bits per heavy atom. The lowest BCUT2D eigenvalue weighted by Gasteiger charge is -2.08. The zero-order valence-corrected chi connectivity index (χ0v) is 19.8. The molecule has 2 aromatic rings. The van der Waals surface area contributed by atoms with Crippen LogP contribution in [-0.2, 0) is 9.53 Å². The number of aromatic nitrogens is 1. The summed E-state index contributed by atoms with van der Waals surface area (Å²) in [6, 6.07) is 8.10. The molecule has 0 aromatic carbocycles. The number of aliphatic imine (C=N–C) groups is 1. The second kappa shape index (κ2) is 13.6. The number of rotatable bonds is 6. The number of allylic oxidation sites excluding steroid dienone is 3. The summed E-state index contributed by atoms with van der Waals surface area (Å²) in [6.07, 6.45) is 4.53. The maximum absolute atomic E-state index is 11.1. The summed E-state index contributed by atoms with van der Waals surface area (Å²) in [5.74, 6) is 1.65. The van der Waals surface area contributed by atoms with E-state index in [0.717, 1.165) is 29.1 Å². The van der Waals surface area contributed by atoms with Crippen LogP contribution in [0.25, 0.3) is 0 Å². The van der Waals surface area contributed by atoms with Crippen molar-refractivity contribution in [2.75, 3.05) is 6.61 Å². The van der Waals surface area contributed by atoms with Gasteiger partial charge in [-0.05, 0) is 75.9 Å². The van der Waals surface area contributed by atoms with Crippen molar-refractivity contribution in [3.8, 4) is 0 Å². The van der Waals surface area contributed by atoms with E-state index in [0.29, 0.717) is 12.5 Å². The molecule has 0 amide bonds. The van der Waals surface area contributed by atoms with E-state index in [2.05, 4.69) is 22.6 Å². The molecule has 162 valence electrons. The van der Waals surface area contributed by atoms with Gasteiger partial charge in [-0.1, -0.05) is 24.8 Å². The molecule has 2 unspecified atom stereocenters. The number of ketones is 1. The van der Waals surface area contributed by atoms with Crippen molar-refractivity contribution in [2.24, 2.45) is 16.8 Å². The van der Waals surface area contributed by atoms with Crippen LogP contribution in [0.2, 0.25) is 0 Å². The fourth-order valence-electron chi connectivity index (χ4n) is 2.37. The Kier molecular flexibility index (Phi) is 11.6. The minimum Gasteiger partial charge on any atom is -0.492 e. The SMILES string of the molecule is C=C(C)N=CC(OCC1CC1C(C)=O)=C(C)C.Cc1ccc(C)nc1.c1ccsc1. The summed E-state index contributed by atoms with van der Waals surface area (Å²) in [4.78, 5) is 19.3. The van der Waals surface area contributed by atoms with Gasteiger partial charge in [0.05, 0.1) is 12.8 Å². The van der Waals surface area contributed by atoms with Crippen molar-refractivity contribution in [3.63, 3.8) is 0 Å². The largest absolute Gasteiger partial charge is 0.492 e. The average Bonchev–Trinajstić information content (AvgIpc) is 3.21. The van der Waals surface area contributed by atoms with Crippen molar-refractivity contribution < 1.29 is 9.53 Å². The Bertz CT molecular complexity index is 794. The number of carbonyl (C=O) groups is 1. The predicted molar refractivity (Wildman–Crippen MR) is 128 cm³/mol. The Hall–Kier alpha value is -2.53. The number of ether oxygens (including phenoxy) is 1. The average molecular weight is 427 g/mol. The van der Waals surface area contributed by atoms with Gasteiger partial charge < -0.3 is 4.74 Å². The molecule has 1 saturated carbocycles. The van der Waals surface area contributed by atoms with E-state index in [1.165, 1.54) is 5.56 Å². The lowest BCUT2D eigenvalue weighted by molar-refractivity contribution is -0.118. The maximum atomic E-state index is 11.1. The normalized spacial score (nSPS) is 16.5. The van der Waals surface area contributed by atoms with E-state index < -0.39 is 0 Å². The molecule has 30 heavy (non-hydrogen) atoms. The molecule has 0 spiro atoms. The molecule has 2 heterocycles. The minimum absolute atomic E-state index is 0.214. The van der Waals surface area contributed by atoms with Crippen LogP contribution >= 0.6 is 11.3 Å². The molecule has 0 bridgehead atoms. The van der Waals surface area contributed by atoms with Gasteiger partial charge in [0.1, 0.15) is 11.5 Å². The minimum atomic E-state index is 0.214. The summed E-state index contributed by atoms with van der Waals surface area (Å²) in [7, 11) is 0. The number of Topliss-reactive ketones (excluding diaryl/α,β-unsaturated/α-hetero) is 1. The molecule has 0 radical (unpaired) electrons. The first kappa shape index (κ1) is 25.5. The molecule has 4 nitrogen and oxygen atoms in total. The van der Waals surface area contributed by atoms with Crippen molar-refractivity contribution in [2.45, 2.75) is 48.0 Å². The third kappa shape index (κ3) is 11.5. The zero-order valence-electron chi connectivity index (χ0n) is 19.0. The van der Waals surface area contributed by atoms with Gasteiger partial charge in [-0.25, -0.2) is 0 Å². The Labute approximate surface area is 185 Å². The Morgan fingerprint density at radius 3 is 2.27 bits per heavy atom. The number of hydrogen-bond acceptors (Lipinski definition) is 5. The van der Waals surface area contributed by atoms with Crippen LogP contribution in [0.3, 0.4) is 0 Å². The van der Waals surface area contributed by atoms with Crippen LogP contribution < -0.4 is 0 Å². The molecule has 2 aromatic heterocycles. The van der Waals surface area contributed by atoms with Gasteiger partial charge in [0.15, 0.2) is 0 Å². The molecule has 1 fully saturated rings. The van der Waals surface area contributed by atoms with Crippen LogP contribution in [0, 0.1) is 25.7 Å². The zero-order chi connectivity index (χ0) is 22.5. The molecule has 2 atom stereocenters. The van der Waals surface area contributed by atoms with Crippen LogP contribution in [0.5, 0.6) is 0 Å². The van der Waals surface area contributed by atoms with Crippen LogP contribution in [0.1, 0.15) is 45.4 Å². The molecule has 3 rings (SSSR count). The van der Waals surface area contributed by atoms with Gasteiger partial charge in [-0.3, -0.25) is 14.8 Å². The van der Waals surface area contributed by atoms with Crippen molar-refractivity contribution in [1.82, 2.24) is 4.98 Å². The van der Waals surface area contributed by atoms with Crippen molar-refractivity contribution >= 4 is 23.3 Å². The highest BCUT2D eigenvalue weighted by molar-refractivity contribution is 7.07. The summed E-state index contributed by atoms with van der Waals surface area (Å²) < 4.78 is 5.70. The molecule has 1 aliphatic rings. The van der Waals surface area contributed by atoms with Gasteiger partial charge in [-0.15, -0.1) is 0 Å². The molecule has 0 saturated heterocycles. The molecular formula is C25H34N2O2S. The number of carbonyl (C=O) groups excluding carboxylic acids is 1. The summed E-state index contributed by atoms with van der Waals surface area (Å²) in [5.41, 5.74) is 4.13. The van der Waals surface area contributed by atoms with Crippen LogP contribution in [0.15, 0.2) is 69.8 Å². The van der Waals surface area contributed by atoms with Gasteiger partial charge in [0, 0.05) is 29.4 Å². The molecule has 0 N–H and O–H groups in total. The highest BCUT2D eigenvalue weighted by Crippen LogP contribution is 2.39.